The molecular formula is C47H55ClF3N5O6S3. The number of rotatable bonds is 16. The van der Waals surface area contributed by atoms with Gasteiger partial charge < -0.3 is 15.0 Å². The summed E-state index contributed by atoms with van der Waals surface area (Å²) >= 11 is 7.61. The highest BCUT2D eigenvalue weighted by molar-refractivity contribution is 7.99. The molecule has 0 radical (unpaired) electrons. The minimum Gasteiger partial charge on any atom is -0.380 e. The first-order valence-corrected chi connectivity index (χ1v) is 26.0. The second kappa shape index (κ2) is 20.8. The molecule has 2 saturated heterocycles. The van der Waals surface area contributed by atoms with Gasteiger partial charge in [-0.25, -0.2) is 21.6 Å². The molecule has 0 bridgehead atoms. The Bertz CT molecular complexity index is 2530. The zero-order valence-electron chi connectivity index (χ0n) is 36.4. The van der Waals surface area contributed by atoms with Crippen LogP contribution in [0.4, 0.5) is 24.5 Å². The number of ether oxygens (including phenoxy) is 1. The van der Waals surface area contributed by atoms with Gasteiger partial charge in [-0.15, -0.1) is 11.8 Å². The molecule has 65 heavy (non-hydrogen) atoms. The summed E-state index contributed by atoms with van der Waals surface area (Å²) in [4.78, 5) is 19.4. The normalized spacial score (nSPS) is 18.3. The smallest absolute Gasteiger partial charge is 0.380 e. The number of nitrogens with zero attached hydrogens (tertiary/aromatic N) is 3. The van der Waals surface area contributed by atoms with Gasteiger partial charge in [0.25, 0.3) is 25.8 Å². The van der Waals surface area contributed by atoms with E-state index in [0.717, 1.165) is 79.7 Å². The summed E-state index contributed by atoms with van der Waals surface area (Å²) in [7, 11) is -10.6. The van der Waals surface area contributed by atoms with E-state index in [0.29, 0.717) is 51.1 Å². The average Bonchev–Trinajstić information content (AvgIpc) is 3.28. The Hall–Kier alpha value is -4.10. The van der Waals surface area contributed by atoms with Crippen LogP contribution >= 0.6 is 23.4 Å². The fourth-order valence-electron chi connectivity index (χ4n) is 8.50. The molecule has 18 heteroatoms. The van der Waals surface area contributed by atoms with E-state index in [1.54, 1.807) is 12.1 Å². The number of morpholine rings is 1. The molecular weight excluding hydrogens is 919 g/mol. The number of carbonyl (C=O) groups excluding carboxylic acids is 1. The lowest BCUT2D eigenvalue weighted by Gasteiger charge is -2.39. The lowest BCUT2D eigenvalue weighted by Crippen LogP contribution is -2.47. The highest BCUT2D eigenvalue weighted by atomic mass is 35.5. The number of amides is 1. The van der Waals surface area contributed by atoms with Crippen LogP contribution in [0, 0.1) is 5.41 Å². The summed E-state index contributed by atoms with van der Waals surface area (Å²) in [6.07, 6.45) is 3.57. The summed E-state index contributed by atoms with van der Waals surface area (Å²) in [6.45, 7) is 11.6. The third-order valence-electron chi connectivity index (χ3n) is 12.2. The Morgan fingerprint density at radius 1 is 0.862 bits per heavy atom. The Kier molecular flexibility index (Phi) is 15.6. The molecule has 7 rings (SSSR count). The van der Waals surface area contributed by atoms with Crippen LogP contribution in [0.25, 0.3) is 5.57 Å². The lowest BCUT2D eigenvalue weighted by molar-refractivity contribution is -0.0435. The molecule has 4 aromatic carbocycles. The maximum absolute atomic E-state index is 14.0. The number of alkyl halides is 3. The Morgan fingerprint density at radius 2 is 1.54 bits per heavy atom. The third kappa shape index (κ3) is 12.7. The molecule has 1 amide bonds. The predicted molar refractivity (Wildman–Crippen MR) is 252 cm³/mol. The van der Waals surface area contributed by atoms with E-state index < -0.39 is 52.8 Å². The van der Waals surface area contributed by atoms with Crippen molar-refractivity contribution in [1.29, 1.82) is 0 Å². The number of allylic oxidation sites excluding steroid dienone is 1. The van der Waals surface area contributed by atoms with Crippen LogP contribution in [-0.2, 0) is 24.6 Å². The summed E-state index contributed by atoms with van der Waals surface area (Å²) in [6, 6.07) is 25.6. The third-order valence-corrected chi connectivity index (χ3v) is 16.5. The number of thioether (sulfide) groups is 1. The molecule has 2 fully saturated rings. The maximum atomic E-state index is 14.0. The maximum Gasteiger partial charge on any atom is 0.501 e. The van der Waals surface area contributed by atoms with Gasteiger partial charge in [-0.05, 0) is 109 Å². The van der Waals surface area contributed by atoms with Crippen molar-refractivity contribution in [1.82, 2.24) is 14.5 Å². The van der Waals surface area contributed by atoms with E-state index in [-0.39, 0.29) is 11.0 Å². The van der Waals surface area contributed by atoms with Crippen molar-refractivity contribution in [3.8, 4) is 0 Å². The van der Waals surface area contributed by atoms with Crippen LogP contribution in [0.1, 0.15) is 55.5 Å². The number of hydrogen-bond donors (Lipinski definition) is 2. The van der Waals surface area contributed by atoms with Gasteiger partial charge in [0.2, 0.25) is 0 Å². The van der Waals surface area contributed by atoms with Crippen molar-refractivity contribution in [3.63, 3.8) is 0 Å². The number of anilines is 2. The second-order valence-electron chi connectivity index (χ2n) is 17.5. The van der Waals surface area contributed by atoms with Gasteiger partial charge in [-0.1, -0.05) is 61.4 Å². The molecule has 2 aliphatic heterocycles. The van der Waals surface area contributed by atoms with Crippen molar-refractivity contribution in [2.24, 2.45) is 5.41 Å². The zero-order chi connectivity index (χ0) is 46.4. The summed E-state index contributed by atoms with van der Waals surface area (Å²) in [5, 5.41) is 3.68. The molecule has 4 aromatic rings. The molecule has 2 N–H and O–H groups in total. The van der Waals surface area contributed by atoms with E-state index in [4.69, 9.17) is 16.3 Å². The molecule has 0 saturated carbocycles. The second-order valence-corrected chi connectivity index (χ2v) is 22.6. The summed E-state index contributed by atoms with van der Waals surface area (Å²) < 4.78 is 103. The van der Waals surface area contributed by atoms with Crippen molar-refractivity contribution in [3.05, 3.63) is 119 Å². The minimum atomic E-state index is -5.92. The Labute approximate surface area is 389 Å². The number of carbonyl (C=O) groups is 1. The fourth-order valence-corrected chi connectivity index (χ4v) is 11.5. The number of sulfone groups is 1. The molecule has 1 atom stereocenters. The van der Waals surface area contributed by atoms with Crippen molar-refractivity contribution in [2.75, 3.05) is 81.5 Å². The number of nitrogens with one attached hydrogen (secondary N) is 2. The zero-order valence-corrected chi connectivity index (χ0v) is 39.7. The highest BCUT2D eigenvalue weighted by Gasteiger charge is 2.48. The Morgan fingerprint density at radius 3 is 2.20 bits per heavy atom. The van der Waals surface area contributed by atoms with Gasteiger partial charge >= 0.3 is 5.51 Å². The molecule has 0 aromatic heterocycles. The van der Waals surface area contributed by atoms with E-state index >= 15 is 0 Å². The molecule has 2 heterocycles. The van der Waals surface area contributed by atoms with Crippen LogP contribution < -0.4 is 14.9 Å². The van der Waals surface area contributed by atoms with Gasteiger partial charge in [0.1, 0.15) is 0 Å². The van der Waals surface area contributed by atoms with Gasteiger partial charge in [-0.2, -0.15) is 13.2 Å². The predicted octanol–water partition coefficient (Wildman–Crippen LogP) is 8.83. The molecule has 0 unspecified atom stereocenters. The lowest BCUT2D eigenvalue weighted by atomic mass is 9.73. The van der Waals surface area contributed by atoms with Gasteiger partial charge in [0, 0.05) is 85.3 Å². The van der Waals surface area contributed by atoms with E-state index in [9.17, 15) is 34.8 Å². The largest absolute Gasteiger partial charge is 0.501 e. The first-order valence-electron chi connectivity index (χ1n) is 21.7. The number of benzene rings is 4. The number of halogens is 4. The van der Waals surface area contributed by atoms with Crippen LogP contribution in [0.15, 0.2) is 117 Å². The first kappa shape index (κ1) is 48.8. The number of hydrogen-bond acceptors (Lipinski definition) is 11. The highest BCUT2D eigenvalue weighted by Crippen LogP contribution is 2.43. The molecule has 11 nitrogen and oxygen atoms in total. The van der Waals surface area contributed by atoms with Crippen LogP contribution in [0.5, 0.6) is 0 Å². The van der Waals surface area contributed by atoms with E-state index in [2.05, 4.69) is 46.0 Å². The minimum absolute atomic E-state index is 0.0493. The summed E-state index contributed by atoms with van der Waals surface area (Å²) in [5.74, 6) is -0.632. The van der Waals surface area contributed by atoms with Gasteiger partial charge in [0.15, 0.2) is 0 Å². The molecule has 0 spiro atoms. The number of sulfonamides is 1. The first-order chi connectivity index (χ1) is 30.9. The quantitative estimate of drug-likeness (QED) is 0.105. The van der Waals surface area contributed by atoms with Crippen molar-refractivity contribution in [2.45, 2.75) is 65.8 Å². The molecule has 3 aliphatic rings. The number of piperazine rings is 1. The fraction of sp³-hybridized carbons (Fsp3) is 0.426. The van der Waals surface area contributed by atoms with E-state index in [1.165, 1.54) is 40.6 Å². The Balaban J connectivity index is 1.03. The van der Waals surface area contributed by atoms with Crippen LogP contribution in [0.3, 0.4) is 0 Å². The van der Waals surface area contributed by atoms with E-state index in [1.807, 2.05) is 47.2 Å². The van der Waals surface area contributed by atoms with Crippen molar-refractivity contribution >= 4 is 66.1 Å². The summed E-state index contributed by atoms with van der Waals surface area (Å²) in [5.41, 5.74) is -0.974. The van der Waals surface area contributed by atoms with Gasteiger partial charge in [-0.3, -0.25) is 14.6 Å². The molecule has 1 aliphatic carbocycles. The SMILES string of the molecule is CC1(C)CCC(c2ccc(Cl)cc2)=C(CN2CCN(c3ccc(C(=O)NS(=O)(=O)c4ccc(S(=O)(=O)C(F)(F)F)c(N[C@H](CCN5CCOCC5)CSc5ccccc5)c4)cc3)CC2)C1. The van der Waals surface area contributed by atoms with Crippen molar-refractivity contribution < 1.29 is 39.5 Å². The molecule has 350 valence electrons. The van der Waals surface area contributed by atoms with Gasteiger partial charge in [0.05, 0.1) is 28.7 Å². The monoisotopic (exact) mass is 973 g/mol. The average molecular weight is 975 g/mol. The van der Waals surface area contributed by atoms with Crippen LogP contribution in [-0.4, -0.2) is 115 Å². The standard InChI is InChI=1S/C47H55ClF3N5O6S3/c1-46(2)20-18-42(34-8-12-37(48)13-9-34)36(31-46)32-55-22-24-56(25-23-55)39-14-10-35(11-15-39)45(57)53-65(60,61)41-16-17-44(64(58,59)47(49,50)51)43(30-41)52-38(19-21-54-26-28-62-29-27-54)33-63-40-6-4-3-5-7-40/h3-17,30,38,52H,18-29,31-33H2,1-2H3,(H,53,57)/t38-/m1/s1. The topological polar surface area (TPSA) is 128 Å². The van der Waals surface area contributed by atoms with Crippen LogP contribution in [0.2, 0.25) is 5.02 Å².